The van der Waals surface area contributed by atoms with Gasteiger partial charge in [-0.25, -0.2) is 9.59 Å². The SMILES string of the molecule is C=C(C)C(=O)OCCNC(=O)OCCOCCCC(C)(C)[SH](C)(C)=O. The van der Waals surface area contributed by atoms with E-state index in [4.69, 9.17) is 14.2 Å². The minimum Gasteiger partial charge on any atom is -0.460 e. The number of rotatable bonds is 12. The van der Waals surface area contributed by atoms with Gasteiger partial charge in [0.2, 0.25) is 0 Å². The maximum absolute atomic E-state index is 12.1. The number of hydrogen-bond donors (Lipinski definition) is 2. The highest BCUT2D eigenvalue weighted by Gasteiger charge is 2.26. The summed E-state index contributed by atoms with van der Waals surface area (Å²) < 4.78 is 27.1. The molecule has 0 heterocycles. The molecule has 0 spiro atoms. The van der Waals surface area contributed by atoms with Crippen LogP contribution in [0, 0.1) is 0 Å². The van der Waals surface area contributed by atoms with Gasteiger partial charge in [0.05, 0.1) is 13.2 Å². The zero-order valence-corrected chi connectivity index (χ0v) is 16.9. The molecule has 0 aromatic heterocycles. The van der Waals surface area contributed by atoms with Crippen LogP contribution in [0.25, 0.3) is 0 Å². The Morgan fingerprint density at radius 1 is 1.08 bits per heavy atom. The summed E-state index contributed by atoms with van der Waals surface area (Å²) in [6.45, 7) is 10.2. The maximum atomic E-state index is 12.1. The predicted octanol–water partition coefficient (Wildman–Crippen LogP) is 1.68. The van der Waals surface area contributed by atoms with E-state index in [-0.39, 0.29) is 24.5 Å². The molecule has 0 aliphatic heterocycles. The number of amides is 1. The van der Waals surface area contributed by atoms with Gasteiger partial charge >= 0.3 is 12.1 Å². The van der Waals surface area contributed by atoms with Crippen molar-refractivity contribution < 1.29 is 28.0 Å². The Bertz CT molecular complexity index is 497. The third-order valence-corrected chi connectivity index (χ3v) is 7.09. The summed E-state index contributed by atoms with van der Waals surface area (Å²) >= 11 is 0. The standard InChI is InChI=1S/C17H33NO6S/c1-14(2)15(19)23-11-9-18-16(20)24-13-12-22-10-7-8-17(3,4)25(5,6)21/h25H,1,7-13H2,2-6H3,(H,18,20). The Morgan fingerprint density at radius 3 is 2.28 bits per heavy atom. The van der Waals surface area contributed by atoms with Crippen molar-refractivity contribution in [1.82, 2.24) is 5.32 Å². The molecule has 0 fully saturated rings. The van der Waals surface area contributed by atoms with Crippen LogP contribution in [0.4, 0.5) is 4.79 Å². The topological polar surface area (TPSA) is 90.9 Å². The summed E-state index contributed by atoms with van der Waals surface area (Å²) in [5, 5.41) is 2.46. The first kappa shape index (κ1) is 23.6. The van der Waals surface area contributed by atoms with Crippen LogP contribution < -0.4 is 5.32 Å². The molecule has 7 nitrogen and oxygen atoms in total. The lowest BCUT2D eigenvalue weighted by Crippen LogP contribution is -2.36. The molecule has 0 aromatic carbocycles. The van der Waals surface area contributed by atoms with Crippen molar-refractivity contribution in [3.63, 3.8) is 0 Å². The number of ether oxygens (including phenoxy) is 3. The van der Waals surface area contributed by atoms with Gasteiger partial charge in [0.15, 0.2) is 0 Å². The van der Waals surface area contributed by atoms with E-state index >= 15 is 0 Å². The van der Waals surface area contributed by atoms with Crippen LogP contribution in [0.2, 0.25) is 0 Å². The minimum absolute atomic E-state index is 0.0613. The monoisotopic (exact) mass is 379 g/mol. The van der Waals surface area contributed by atoms with Gasteiger partial charge in [0.25, 0.3) is 0 Å². The molecule has 1 N–H and O–H groups in total. The maximum Gasteiger partial charge on any atom is 0.407 e. The molecule has 148 valence electrons. The first-order valence-electron chi connectivity index (χ1n) is 8.33. The van der Waals surface area contributed by atoms with Crippen molar-refractivity contribution in [2.24, 2.45) is 0 Å². The molecule has 8 heteroatoms. The first-order valence-corrected chi connectivity index (χ1v) is 10.9. The van der Waals surface area contributed by atoms with E-state index in [1.54, 1.807) is 19.4 Å². The van der Waals surface area contributed by atoms with E-state index in [1.807, 2.05) is 13.8 Å². The Balaban J connectivity index is 3.60. The Morgan fingerprint density at radius 2 is 1.72 bits per heavy atom. The third-order valence-electron chi connectivity index (χ3n) is 3.95. The quantitative estimate of drug-likeness (QED) is 0.232. The second kappa shape index (κ2) is 11.3. The van der Waals surface area contributed by atoms with Crippen LogP contribution in [0.5, 0.6) is 0 Å². The number of esters is 1. The molecule has 0 rings (SSSR count). The first-order chi connectivity index (χ1) is 11.5. The van der Waals surface area contributed by atoms with Crippen LogP contribution >= 0.6 is 0 Å². The fraction of sp³-hybridized carbons (Fsp3) is 0.765. The van der Waals surface area contributed by atoms with Crippen molar-refractivity contribution in [2.45, 2.75) is 38.4 Å². The molecule has 0 aliphatic carbocycles. The van der Waals surface area contributed by atoms with Crippen molar-refractivity contribution >= 4 is 22.0 Å². The predicted molar refractivity (Wildman–Crippen MR) is 101 cm³/mol. The largest absolute Gasteiger partial charge is 0.460 e. The number of thiol groups is 1. The highest BCUT2D eigenvalue weighted by molar-refractivity contribution is 8.02. The summed E-state index contributed by atoms with van der Waals surface area (Å²) in [5.41, 5.74) is 0.309. The second-order valence-electron chi connectivity index (χ2n) is 6.86. The fourth-order valence-electron chi connectivity index (χ4n) is 1.64. The summed E-state index contributed by atoms with van der Waals surface area (Å²) in [4.78, 5) is 22.5. The minimum atomic E-state index is -2.14. The molecule has 0 saturated carbocycles. The zero-order chi connectivity index (χ0) is 19.5. The lowest BCUT2D eigenvalue weighted by Gasteiger charge is -2.33. The Hall–Kier alpha value is -1.41. The summed E-state index contributed by atoms with van der Waals surface area (Å²) in [5.74, 6) is -0.491. The number of carbonyl (C=O) groups excluding carboxylic acids is 2. The van der Waals surface area contributed by atoms with E-state index < -0.39 is 22.0 Å². The highest BCUT2D eigenvalue weighted by atomic mass is 32.2. The van der Waals surface area contributed by atoms with Crippen LogP contribution in [-0.2, 0) is 28.9 Å². The molecule has 25 heavy (non-hydrogen) atoms. The van der Waals surface area contributed by atoms with Crippen LogP contribution in [0.1, 0.15) is 33.6 Å². The molecule has 1 amide bonds. The molecular formula is C17H33NO6S. The fourth-order valence-corrected chi connectivity index (χ4v) is 2.34. The lowest BCUT2D eigenvalue weighted by atomic mass is 10.1. The van der Waals surface area contributed by atoms with Gasteiger partial charge in [-0.15, -0.1) is 9.93 Å². The van der Waals surface area contributed by atoms with Crippen molar-refractivity contribution in [3.05, 3.63) is 12.2 Å². The molecule has 0 atom stereocenters. The molecule has 0 bridgehead atoms. The zero-order valence-electron chi connectivity index (χ0n) is 16.1. The molecular weight excluding hydrogens is 346 g/mol. The van der Waals surface area contributed by atoms with Gasteiger partial charge in [-0.05, 0) is 32.3 Å². The number of carbonyl (C=O) groups is 2. The normalized spacial score (nSPS) is 12.4. The summed E-state index contributed by atoms with van der Waals surface area (Å²) in [6.07, 6.45) is 4.65. The summed E-state index contributed by atoms with van der Waals surface area (Å²) in [7, 11) is -2.14. The molecule has 0 aliphatic rings. The van der Waals surface area contributed by atoms with Crippen molar-refractivity contribution in [1.29, 1.82) is 0 Å². The van der Waals surface area contributed by atoms with E-state index in [1.165, 1.54) is 0 Å². The Kier molecular flexibility index (Phi) is 10.6. The molecule has 0 radical (unpaired) electrons. The van der Waals surface area contributed by atoms with E-state index in [2.05, 4.69) is 11.9 Å². The smallest absolute Gasteiger partial charge is 0.407 e. The second-order valence-corrected chi connectivity index (χ2v) is 10.8. The van der Waals surface area contributed by atoms with Gasteiger partial charge in [0.1, 0.15) is 13.2 Å². The highest BCUT2D eigenvalue weighted by Crippen LogP contribution is 2.25. The van der Waals surface area contributed by atoms with Gasteiger partial charge in [0, 0.05) is 16.9 Å². The van der Waals surface area contributed by atoms with Crippen LogP contribution in [0.15, 0.2) is 12.2 Å². The summed E-state index contributed by atoms with van der Waals surface area (Å²) in [6, 6.07) is 0. The van der Waals surface area contributed by atoms with E-state index in [0.717, 1.165) is 12.8 Å². The average Bonchev–Trinajstić information content (AvgIpc) is 2.49. The third kappa shape index (κ3) is 10.9. The van der Waals surface area contributed by atoms with Crippen LogP contribution in [-0.4, -0.2) is 66.5 Å². The Labute approximate surface area is 151 Å². The average molecular weight is 380 g/mol. The van der Waals surface area contributed by atoms with Gasteiger partial charge < -0.3 is 19.5 Å². The molecule has 0 aromatic rings. The molecule has 0 saturated heterocycles. The number of alkyl carbamates (subject to hydrolysis) is 1. The number of hydrogen-bond acceptors (Lipinski definition) is 6. The van der Waals surface area contributed by atoms with E-state index in [0.29, 0.717) is 18.8 Å². The van der Waals surface area contributed by atoms with Gasteiger partial charge in [-0.1, -0.05) is 20.4 Å². The molecule has 0 unspecified atom stereocenters. The van der Waals surface area contributed by atoms with Gasteiger partial charge in [-0.2, -0.15) is 0 Å². The number of nitrogens with one attached hydrogen (secondary N) is 1. The van der Waals surface area contributed by atoms with Gasteiger partial charge in [-0.3, -0.25) is 4.21 Å². The lowest BCUT2D eigenvalue weighted by molar-refractivity contribution is -0.138. The van der Waals surface area contributed by atoms with Crippen molar-refractivity contribution in [2.75, 3.05) is 45.5 Å². The van der Waals surface area contributed by atoms with Crippen LogP contribution in [0.3, 0.4) is 0 Å². The van der Waals surface area contributed by atoms with E-state index in [9.17, 15) is 13.8 Å². The van der Waals surface area contributed by atoms with Crippen molar-refractivity contribution in [3.8, 4) is 0 Å².